The molecule has 1 aromatic heterocycles. The smallest absolute Gasteiger partial charge is 0.416 e. The zero-order valence-electron chi connectivity index (χ0n) is 10.3. The highest BCUT2D eigenvalue weighted by atomic mass is 19.4. The summed E-state index contributed by atoms with van der Waals surface area (Å²) in [5.41, 5.74) is 0.225. The number of benzene rings is 1. The number of aliphatic hydroxyl groups excluding tert-OH is 1. The number of rotatable bonds is 2. The first-order valence-electron chi connectivity index (χ1n) is 5.62. The number of aliphatic hydroxyl groups is 1. The maximum Gasteiger partial charge on any atom is 0.416 e. The van der Waals surface area contributed by atoms with Gasteiger partial charge in [0.25, 0.3) is 0 Å². The summed E-state index contributed by atoms with van der Waals surface area (Å²) in [5.74, 6) is 0.511. The van der Waals surface area contributed by atoms with E-state index in [9.17, 15) is 18.3 Å². The van der Waals surface area contributed by atoms with E-state index in [2.05, 4.69) is 4.98 Å². The molecule has 1 atom stereocenters. The Morgan fingerprint density at radius 2 is 1.79 bits per heavy atom. The molecule has 0 aliphatic carbocycles. The number of hydrogen-bond donors (Lipinski definition) is 1. The second-order valence-corrected chi connectivity index (χ2v) is 4.22. The summed E-state index contributed by atoms with van der Waals surface area (Å²) in [5, 5.41) is 9.43. The zero-order valence-corrected chi connectivity index (χ0v) is 10.3. The van der Waals surface area contributed by atoms with Gasteiger partial charge in [-0.15, -0.1) is 0 Å². The molecule has 102 valence electrons. The summed E-state index contributed by atoms with van der Waals surface area (Å²) < 4.78 is 42.6. The molecule has 19 heavy (non-hydrogen) atoms. The lowest BCUT2D eigenvalue weighted by Gasteiger charge is -2.06. The number of oxazole rings is 1. The van der Waals surface area contributed by atoms with Crippen molar-refractivity contribution in [1.29, 1.82) is 0 Å². The summed E-state index contributed by atoms with van der Waals surface area (Å²) >= 11 is 0. The standard InChI is InChI=1S/C13H12F3NO2/c1-7-11(8(2)18)19-12(17-7)9-3-5-10(6-4-9)13(14,15)16/h3-6,8,18H,1-2H3. The Kier molecular flexibility index (Phi) is 3.36. The number of aromatic nitrogens is 1. The highest BCUT2D eigenvalue weighted by Gasteiger charge is 2.30. The molecule has 0 saturated carbocycles. The Balaban J connectivity index is 2.35. The van der Waals surface area contributed by atoms with E-state index in [0.29, 0.717) is 17.0 Å². The van der Waals surface area contributed by atoms with Gasteiger partial charge in [0.05, 0.1) is 11.3 Å². The van der Waals surface area contributed by atoms with Crippen LogP contribution in [0.1, 0.15) is 30.0 Å². The van der Waals surface area contributed by atoms with E-state index in [4.69, 9.17) is 4.42 Å². The molecule has 0 saturated heterocycles. The Labute approximate surface area is 107 Å². The van der Waals surface area contributed by atoms with Gasteiger partial charge in [-0.25, -0.2) is 4.98 Å². The third kappa shape index (κ3) is 2.78. The first-order chi connectivity index (χ1) is 8.79. The predicted molar refractivity (Wildman–Crippen MR) is 62.3 cm³/mol. The maximum atomic E-state index is 12.4. The monoisotopic (exact) mass is 271 g/mol. The minimum absolute atomic E-state index is 0.196. The lowest BCUT2D eigenvalue weighted by Crippen LogP contribution is -2.03. The van der Waals surface area contributed by atoms with Gasteiger partial charge in [0, 0.05) is 5.56 Å². The highest BCUT2D eigenvalue weighted by molar-refractivity contribution is 5.54. The number of aryl methyl sites for hydroxylation is 1. The summed E-state index contributed by atoms with van der Waals surface area (Å²) in [4.78, 5) is 4.09. The van der Waals surface area contributed by atoms with Crippen molar-refractivity contribution in [3.63, 3.8) is 0 Å². The van der Waals surface area contributed by atoms with Crippen LogP contribution in [0.2, 0.25) is 0 Å². The molecule has 1 unspecified atom stereocenters. The molecule has 1 N–H and O–H groups in total. The van der Waals surface area contributed by atoms with Gasteiger partial charge in [-0.1, -0.05) is 0 Å². The Bertz CT molecular complexity index is 571. The predicted octanol–water partition coefficient (Wildman–Crippen LogP) is 3.72. The van der Waals surface area contributed by atoms with Crippen molar-refractivity contribution in [3.05, 3.63) is 41.3 Å². The molecule has 0 radical (unpaired) electrons. The van der Waals surface area contributed by atoms with Crippen molar-refractivity contribution in [2.24, 2.45) is 0 Å². The molecule has 0 bridgehead atoms. The quantitative estimate of drug-likeness (QED) is 0.905. The zero-order chi connectivity index (χ0) is 14.2. The van der Waals surface area contributed by atoms with Crippen LogP contribution in [0, 0.1) is 6.92 Å². The number of halogens is 3. The van der Waals surface area contributed by atoms with Crippen LogP contribution in [0.5, 0.6) is 0 Å². The highest BCUT2D eigenvalue weighted by Crippen LogP contribution is 2.31. The molecule has 3 nitrogen and oxygen atoms in total. The van der Waals surface area contributed by atoms with Gasteiger partial charge in [0.1, 0.15) is 6.10 Å². The average molecular weight is 271 g/mol. The van der Waals surface area contributed by atoms with E-state index in [1.54, 1.807) is 6.92 Å². The van der Waals surface area contributed by atoms with E-state index in [1.165, 1.54) is 19.1 Å². The average Bonchev–Trinajstić information content (AvgIpc) is 2.70. The van der Waals surface area contributed by atoms with Crippen LogP contribution in [0.4, 0.5) is 13.2 Å². The van der Waals surface area contributed by atoms with Gasteiger partial charge >= 0.3 is 6.18 Å². The fraction of sp³-hybridized carbons (Fsp3) is 0.308. The molecule has 1 heterocycles. The third-order valence-corrected chi connectivity index (χ3v) is 2.67. The fourth-order valence-corrected chi connectivity index (χ4v) is 1.72. The van der Waals surface area contributed by atoms with Gasteiger partial charge in [0.2, 0.25) is 5.89 Å². The largest absolute Gasteiger partial charge is 0.438 e. The Morgan fingerprint density at radius 1 is 1.21 bits per heavy atom. The normalized spacial score (nSPS) is 13.6. The molecule has 0 spiro atoms. The second kappa shape index (κ2) is 4.70. The second-order valence-electron chi connectivity index (χ2n) is 4.22. The maximum absolute atomic E-state index is 12.4. The van der Waals surface area contributed by atoms with Crippen molar-refractivity contribution in [2.75, 3.05) is 0 Å². The Hall–Kier alpha value is -1.82. The van der Waals surface area contributed by atoms with Crippen molar-refractivity contribution in [1.82, 2.24) is 4.98 Å². The number of hydrogen-bond acceptors (Lipinski definition) is 3. The van der Waals surface area contributed by atoms with Crippen LogP contribution in [0.3, 0.4) is 0 Å². The molecule has 0 amide bonds. The minimum Gasteiger partial charge on any atom is -0.438 e. The Morgan fingerprint density at radius 3 is 2.21 bits per heavy atom. The van der Waals surface area contributed by atoms with Gasteiger partial charge < -0.3 is 9.52 Å². The van der Waals surface area contributed by atoms with Gasteiger partial charge in [-0.3, -0.25) is 0 Å². The fourth-order valence-electron chi connectivity index (χ4n) is 1.72. The van der Waals surface area contributed by atoms with E-state index in [0.717, 1.165) is 12.1 Å². The van der Waals surface area contributed by atoms with Crippen LogP contribution in [0.25, 0.3) is 11.5 Å². The van der Waals surface area contributed by atoms with Crippen LogP contribution >= 0.6 is 0 Å². The number of nitrogens with zero attached hydrogens (tertiary/aromatic N) is 1. The van der Waals surface area contributed by atoms with E-state index in [-0.39, 0.29) is 5.89 Å². The van der Waals surface area contributed by atoms with Crippen LogP contribution in [0.15, 0.2) is 28.7 Å². The lowest BCUT2D eigenvalue weighted by molar-refractivity contribution is -0.137. The molecule has 0 fully saturated rings. The topological polar surface area (TPSA) is 46.3 Å². The van der Waals surface area contributed by atoms with Crippen molar-refractivity contribution >= 4 is 0 Å². The van der Waals surface area contributed by atoms with Gasteiger partial charge in [-0.2, -0.15) is 13.2 Å². The molecular formula is C13H12F3NO2. The molecule has 0 aliphatic rings. The minimum atomic E-state index is -4.37. The summed E-state index contributed by atoms with van der Waals surface area (Å²) in [6, 6.07) is 4.52. The van der Waals surface area contributed by atoms with E-state index in [1.807, 2.05) is 0 Å². The van der Waals surface area contributed by atoms with Crippen molar-refractivity contribution < 1.29 is 22.7 Å². The lowest BCUT2D eigenvalue weighted by atomic mass is 10.1. The van der Waals surface area contributed by atoms with Gasteiger partial charge in [-0.05, 0) is 38.1 Å². The van der Waals surface area contributed by atoms with E-state index < -0.39 is 17.8 Å². The molecule has 1 aromatic carbocycles. The molecular weight excluding hydrogens is 259 g/mol. The first kappa shape index (κ1) is 13.6. The van der Waals surface area contributed by atoms with Crippen LogP contribution in [-0.4, -0.2) is 10.1 Å². The molecule has 2 rings (SSSR count). The van der Waals surface area contributed by atoms with Crippen molar-refractivity contribution in [3.8, 4) is 11.5 Å². The number of alkyl halides is 3. The molecule has 6 heteroatoms. The molecule has 2 aromatic rings. The molecule has 0 aliphatic heterocycles. The SMILES string of the molecule is Cc1nc(-c2ccc(C(F)(F)F)cc2)oc1C(C)O. The summed E-state index contributed by atoms with van der Waals surface area (Å²) in [6.07, 6.45) is -5.17. The van der Waals surface area contributed by atoms with Crippen LogP contribution in [-0.2, 0) is 6.18 Å². The van der Waals surface area contributed by atoms with Crippen LogP contribution < -0.4 is 0 Å². The third-order valence-electron chi connectivity index (χ3n) is 2.67. The summed E-state index contributed by atoms with van der Waals surface area (Å²) in [6.45, 7) is 3.20. The summed E-state index contributed by atoms with van der Waals surface area (Å²) in [7, 11) is 0. The van der Waals surface area contributed by atoms with Gasteiger partial charge in [0.15, 0.2) is 5.76 Å². The van der Waals surface area contributed by atoms with E-state index >= 15 is 0 Å². The van der Waals surface area contributed by atoms with Crippen molar-refractivity contribution in [2.45, 2.75) is 26.1 Å². The first-order valence-corrected chi connectivity index (χ1v) is 5.62.